The van der Waals surface area contributed by atoms with E-state index in [1.54, 1.807) is 0 Å². The van der Waals surface area contributed by atoms with Crippen molar-refractivity contribution < 1.29 is 35.1 Å². The number of ether oxygens (including phenoxy) is 1. The summed E-state index contributed by atoms with van der Waals surface area (Å²) in [5.41, 5.74) is -0.144. The van der Waals surface area contributed by atoms with Crippen LogP contribution in [0.5, 0.6) is 5.75 Å². The van der Waals surface area contributed by atoms with Crippen LogP contribution in [0.25, 0.3) is 0 Å². The van der Waals surface area contributed by atoms with Crippen molar-refractivity contribution in [2.24, 2.45) is 0 Å². The molecule has 1 aliphatic rings. The van der Waals surface area contributed by atoms with E-state index < -0.39 is 43.6 Å². The lowest BCUT2D eigenvalue weighted by Crippen LogP contribution is -2.45. The largest absolute Gasteiger partial charge is 0.495 e. The highest BCUT2D eigenvalue weighted by molar-refractivity contribution is 7.92. The fourth-order valence-electron chi connectivity index (χ4n) is 3.88. The van der Waals surface area contributed by atoms with Crippen molar-refractivity contribution in [1.29, 1.82) is 0 Å². The predicted octanol–water partition coefficient (Wildman–Crippen LogP) is 2.94. The van der Waals surface area contributed by atoms with Crippen LogP contribution in [0.2, 0.25) is 0 Å². The highest BCUT2D eigenvalue weighted by Gasteiger charge is 2.32. The second-order valence-corrected chi connectivity index (χ2v) is 11.9. The number of halogens is 2. The van der Waals surface area contributed by atoms with Gasteiger partial charge in [-0.25, -0.2) is 25.6 Å². The van der Waals surface area contributed by atoms with Gasteiger partial charge in [0, 0.05) is 24.8 Å². The van der Waals surface area contributed by atoms with Crippen LogP contribution in [0.4, 0.5) is 20.2 Å². The molecule has 0 spiro atoms. The van der Waals surface area contributed by atoms with E-state index in [-0.39, 0.29) is 22.0 Å². The summed E-state index contributed by atoms with van der Waals surface area (Å²) in [6, 6.07) is 5.15. The van der Waals surface area contributed by atoms with E-state index in [0.717, 1.165) is 37.7 Å². The molecule has 0 unspecified atom stereocenters. The lowest BCUT2D eigenvalue weighted by Gasteiger charge is -2.28. The quantitative estimate of drug-likeness (QED) is 0.561. The summed E-state index contributed by atoms with van der Waals surface area (Å²) in [6.07, 6.45) is 3.24. The molecule has 3 rings (SSSR count). The number of piperidine rings is 1. The molecule has 1 amide bonds. The van der Waals surface area contributed by atoms with Gasteiger partial charge in [-0.2, -0.15) is 4.31 Å². The molecule has 1 N–H and O–H groups in total. The van der Waals surface area contributed by atoms with Crippen molar-refractivity contribution in [3.63, 3.8) is 0 Å². The Kier molecular flexibility index (Phi) is 8.02. The number of nitrogens with one attached hydrogen (secondary N) is 1. The zero-order valence-electron chi connectivity index (χ0n) is 19.5. The molecule has 1 atom stereocenters. The second kappa shape index (κ2) is 10.5. The first-order chi connectivity index (χ1) is 16.4. The summed E-state index contributed by atoms with van der Waals surface area (Å²) >= 11 is 0. The number of anilines is 2. The molecule has 2 aromatic carbocycles. The van der Waals surface area contributed by atoms with Gasteiger partial charge in [0.05, 0.1) is 19.1 Å². The van der Waals surface area contributed by atoms with Gasteiger partial charge in [0.25, 0.3) is 0 Å². The molecule has 0 aromatic heterocycles. The molecule has 192 valence electrons. The highest BCUT2D eigenvalue weighted by atomic mass is 32.2. The van der Waals surface area contributed by atoms with Crippen LogP contribution < -0.4 is 14.4 Å². The van der Waals surface area contributed by atoms with Crippen LogP contribution in [-0.4, -0.2) is 59.5 Å². The van der Waals surface area contributed by atoms with Gasteiger partial charge in [-0.15, -0.1) is 0 Å². The average Bonchev–Trinajstić information content (AvgIpc) is 2.81. The minimum Gasteiger partial charge on any atom is -0.495 e. The van der Waals surface area contributed by atoms with Gasteiger partial charge >= 0.3 is 0 Å². The maximum Gasteiger partial charge on any atom is 0.247 e. The number of hydrogen-bond donors (Lipinski definition) is 1. The zero-order valence-corrected chi connectivity index (χ0v) is 21.1. The summed E-state index contributed by atoms with van der Waals surface area (Å²) in [4.78, 5) is 12.8. The fraction of sp³-hybridized carbons (Fsp3) is 0.409. The van der Waals surface area contributed by atoms with Crippen LogP contribution in [0.3, 0.4) is 0 Å². The summed E-state index contributed by atoms with van der Waals surface area (Å²) in [5.74, 6) is -3.15. The molecule has 2 aromatic rings. The van der Waals surface area contributed by atoms with Gasteiger partial charge in [0.2, 0.25) is 26.0 Å². The van der Waals surface area contributed by atoms with Crippen LogP contribution in [-0.2, 0) is 24.8 Å². The van der Waals surface area contributed by atoms with Crippen LogP contribution in [0, 0.1) is 11.6 Å². The van der Waals surface area contributed by atoms with Crippen LogP contribution in [0.1, 0.15) is 26.2 Å². The molecule has 0 saturated carbocycles. The van der Waals surface area contributed by atoms with E-state index in [0.29, 0.717) is 23.5 Å². The molecule has 1 saturated heterocycles. The Bertz CT molecular complexity index is 1310. The van der Waals surface area contributed by atoms with Crippen molar-refractivity contribution in [2.45, 2.75) is 37.1 Å². The third-order valence-corrected chi connectivity index (χ3v) is 8.77. The number of sulfonamides is 2. The Morgan fingerprint density at radius 2 is 1.69 bits per heavy atom. The molecule has 1 aliphatic heterocycles. The van der Waals surface area contributed by atoms with E-state index in [2.05, 4.69) is 5.32 Å². The van der Waals surface area contributed by atoms with Crippen molar-refractivity contribution in [1.82, 2.24) is 4.31 Å². The Morgan fingerprint density at radius 1 is 1.03 bits per heavy atom. The molecule has 0 aliphatic carbocycles. The Morgan fingerprint density at radius 3 is 2.26 bits per heavy atom. The molecule has 9 nitrogen and oxygen atoms in total. The van der Waals surface area contributed by atoms with Crippen molar-refractivity contribution in [3.8, 4) is 5.75 Å². The Balaban J connectivity index is 1.92. The number of benzene rings is 2. The molecule has 13 heteroatoms. The number of carbonyl (C=O) groups excluding carboxylic acids is 1. The molecular weight excluding hydrogens is 504 g/mol. The number of nitrogens with zero attached hydrogens (tertiary/aromatic N) is 2. The SMILES string of the molecule is COc1ccc(NC(=O)[C@H](C)N(c2ccc(F)c(F)c2)S(C)(=O)=O)cc1S(=O)(=O)N1CCCCC1. The highest BCUT2D eigenvalue weighted by Crippen LogP contribution is 2.31. The maximum absolute atomic E-state index is 13.8. The van der Waals surface area contributed by atoms with Gasteiger partial charge in [0.1, 0.15) is 16.7 Å². The van der Waals surface area contributed by atoms with Gasteiger partial charge in [-0.3, -0.25) is 9.10 Å². The lowest BCUT2D eigenvalue weighted by atomic mass is 10.2. The van der Waals surface area contributed by atoms with Gasteiger partial charge in [-0.1, -0.05) is 6.42 Å². The van der Waals surface area contributed by atoms with E-state index >= 15 is 0 Å². The van der Waals surface area contributed by atoms with E-state index in [1.165, 1.54) is 36.5 Å². The first kappa shape index (κ1) is 26.8. The topological polar surface area (TPSA) is 113 Å². The van der Waals surface area contributed by atoms with Gasteiger partial charge < -0.3 is 10.1 Å². The number of amides is 1. The fourth-order valence-corrected chi connectivity index (χ4v) is 6.74. The first-order valence-electron chi connectivity index (χ1n) is 10.8. The smallest absolute Gasteiger partial charge is 0.247 e. The Hall–Kier alpha value is -2.77. The van der Waals surface area contributed by atoms with Gasteiger partial charge in [0.15, 0.2) is 11.6 Å². The average molecular weight is 532 g/mol. The number of methoxy groups -OCH3 is 1. The first-order valence-corrected chi connectivity index (χ1v) is 14.1. The third kappa shape index (κ3) is 5.90. The van der Waals surface area contributed by atoms with Crippen molar-refractivity contribution in [3.05, 3.63) is 48.0 Å². The lowest BCUT2D eigenvalue weighted by molar-refractivity contribution is -0.116. The molecular formula is C22H27F2N3O6S2. The number of rotatable bonds is 8. The van der Waals surface area contributed by atoms with E-state index in [1.807, 2.05) is 0 Å². The minimum atomic E-state index is -4.08. The standard InChI is InChI=1S/C22H27F2N3O6S2/c1-15(27(34(3,29)30)17-8-9-18(23)19(24)14-17)22(28)25-16-7-10-20(33-2)21(13-16)35(31,32)26-11-5-4-6-12-26/h7-10,13-15H,4-6,11-12H2,1-3H3,(H,25,28)/t15-/m0/s1. The van der Waals surface area contributed by atoms with E-state index in [9.17, 15) is 30.4 Å². The monoisotopic (exact) mass is 531 g/mol. The summed E-state index contributed by atoms with van der Waals surface area (Å²) in [6.45, 7) is 2.01. The maximum atomic E-state index is 13.8. The predicted molar refractivity (Wildman–Crippen MR) is 127 cm³/mol. The summed E-state index contributed by atoms with van der Waals surface area (Å²) < 4.78 is 85.5. The minimum absolute atomic E-state index is 0.0944. The summed E-state index contributed by atoms with van der Waals surface area (Å²) in [5, 5.41) is 2.51. The van der Waals surface area contributed by atoms with Gasteiger partial charge in [-0.05, 0) is 50.1 Å². The van der Waals surface area contributed by atoms with Crippen LogP contribution >= 0.6 is 0 Å². The normalized spacial score (nSPS) is 15.9. The molecule has 0 radical (unpaired) electrons. The number of carbonyl (C=O) groups is 1. The Labute approximate surface area is 203 Å². The molecule has 1 heterocycles. The van der Waals surface area contributed by atoms with Crippen molar-refractivity contribution in [2.75, 3.05) is 36.1 Å². The summed E-state index contributed by atoms with van der Waals surface area (Å²) in [7, 11) is -6.65. The molecule has 35 heavy (non-hydrogen) atoms. The third-order valence-electron chi connectivity index (χ3n) is 5.61. The zero-order chi connectivity index (χ0) is 26.0. The molecule has 0 bridgehead atoms. The van der Waals surface area contributed by atoms with Crippen molar-refractivity contribution >= 4 is 37.3 Å². The molecule has 1 fully saturated rings. The second-order valence-electron chi connectivity index (χ2n) is 8.15. The van der Waals surface area contributed by atoms with Crippen LogP contribution in [0.15, 0.2) is 41.3 Å². The van der Waals surface area contributed by atoms with E-state index in [4.69, 9.17) is 4.74 Å². The number of hydrogen-bond acceptors (Lipinski definition) is 6.